The summed E-state index contributed by atoms with van der Waals surface area (Å²) in [6, 6.07) is 8.94. The molecular formula is C21H21FN8O3. The number of likely N-dealkylation sites (N-methyl/N-ethyl adjacent to an activating group) is 1. The minimum Gasteiger partial charge on any atom is -0.383 e. The van der Waals surface area contributed by atoms with Gasteiger partial charge in [0.2, 0.25) is 5.95 Å². The number of hydrogen-bond donors (Lipinski definition) is 2. The number of likely N-dealkylation sites (tertiary alicyclic amines) is 1. The Balaban J connectivity index is 0.000000275. The van der Waals surface area contributed by atoms with Gasteiger partial charge in [0.15, 0.2) is 0 Å². The maximum absolute atomic E-state index is 13.7. The Kier molecular flexibility index (Phi) is 6.36. The van der Waals surface area contributed by atoms with Gasteiger partial charge in [0, 0.05) is 32.9 Å². The highest BCUT2D eigenvalue weighted by Crippen LogP contribution is 2.22. The van der Waals surface area contributed by atoms with Crippen molar-refractivity contribution in [1.29, 1.82) is 0 Å². The van der Waals surface area contributed by atoms with Gasteiger partial charge in [-0.2, -0.15) is 4.39 Å². The Morgan fingerprint density at radius 2 is 1.88 bits per heavy atom. The third-order valence-corrected chi connectivity index (χ3v) is 4.80. The third kappa shape index (κ3) is 5.18. The van der Waals surface area contributed by atoms with Crippen LogP contribution in [0.5, 0.6) is 0 Å². The van der Waals surface area contributed by atoms with Gasteiger partial charge in [0.25, 0.3) is 11.9 Å². The lowest BCUT2D eigenvalue weighted by Crippen LogP contribution is -2.24. The zero-order chi connectivity index (χ0) is 23.4. The lowest BCUT2D eigenvalue weighted by Gasteiger charge is -2.05. The van der Waals surface area contributed by atoms with E-state index in [1.165, 1.54) is 22.0 Å². The average Bonchev–Trinajstić information content (AvgIpc) is 3.53. The molecule has 1 atom stereocenters. The molecule has 1 fully saturated rings. The Morgan fingerprint density at radius 3 is 2.45 bits per heavy atom. The fourth-order valence-corrected chi connectivity index (χ4v) is 3.10. The topological polar surface area (TPSA) is 135 Å². The zero-order valence-corrected chi connectivity index (χ0v) is 17.9. The van der Waals surface area contributed by atoms with Gasteiger partial charge in [-0.1, -0.05) is 11.2 Å². The minimum atomic E-state index is -0.722. The van der Waals surface area contributed by atoms with Crippen molar-refractivity contribution in [3.8, 4) is 22.8 Å². The normalized spacial score (nSPS) is 15.3. The molecule has 1 aliphatic rings. The highest BCUT2D eigenvalue weighted by Gasteiger charge is 2.26. The number of nitrogens with one attached hydrogen (secondary N) is 1. The molecule has 0 saturated carbocycles. The molecule has 1 aliphatic heterocycles. The van der Waals surface area contributed by atoms with Gasteiger partial charge in [0.05, 0.1) is 23.3 Å². The molecule has 0 aromatic carbocycles. The van der Waals surface area contributed by atoms with Gasteiger partial charge in [-0.3, -0.25) is 9.48 Å². The molecule has 4 aromatic heterocycles. The highest BCUT2D eigenvalue weighted by molar-refractivity contribution is 5.82. The monoisotopic (exact) mass is 452 g/mol. The first-order chi connectivity index (χ1) is 15.9. The molecule has 4 aromatic rings. The number of aliphatic hydroxyl groups excluding tert-OH is 1. The van der Waals surface area contributed by atoms with Gasteiger partial charge < -0.3 is 19.8 Å². The van der Waals surface area contributed by atoms with Gasteiger partial charge in [0.1, 0.15) is 23.7 Å². The number of rotatable bonds is 4. The van der Waals surface area contributed by atoms with Gasteiger partial charge in [-0.05, 0) is 24.6 Å². The number of aromatic nitrogens is 6. The van der Waals surface area contributed by atoms with Crippen LogP contribution in [0, 0.1) is 5.95 Å². The summed E-state index contributed by atoms with van der Waals surface area (Å²) in [6.07, 6.45) is 4.44. The summed E-state index contributed by atoms with van der Waals surface area (Å²) in [6.45, 7) is 0.694. The van der Waals surface area contributed by atoms with Crippen LogP contribution in [0.15, 0.2) is 53.5 Å². The SMILES string of the molecule is CN1CCC(O)C1=O.Cn1cc(Nc2nccc(-c3cccc(-c4ccon4)n3)n2)c(F)n1. The van der Waals surface area contributed by atoms with Crippen molar-refractivity contribution >= 4 is 17.5 Å². The molecule has 11 nitrogen and oxygen atoms in total. The van der Waals surface area contributed by atoms with Crippen molar-refractivity contribution < 1.29 is 18.8 Å². The van der Waals surface area contributed by atoms with E-state index in [4.69, 9.17) is 9.63 Å². The fraction of sp³-hybridized carbons (Fsp3) is 0.238. The Bertz CT molecular complexity index is 1230. The molecular weight excluding hydrogens is 431 g/mol. The number of halogens is 1. The van der Waals surface area contributed by atoms with Crippen LogP contribution < -0.4 is 5.32 Å². The van der Waals surface area contributed by atoms with E-state index in [0.717, 1.165) is 0 Å². The standard InChI is InChI=1S/C16H12FN7O.C5H9NO2/c1-24-9-14(15(17)22-24)21-16-18-7-5-12(20-16)10-3-2-4-11(19-10)13-6-8-25-23-13;1-6-3-2-4(7)5(6)8/h2-9H,1H3,(H,18,20,21);4,7H,2-3H2,1H3. The van der Waals surface area contributed by atoms with E-state index in [1.54, 1.807) is 32.4 Å². The fourth-order valence-electron chi connectivity index (χ4n) is 3.10. The third-order valence-electron chi connectivity index (χ3n) is 4.80. The first-order valence-corrected chi connectivity index (χ1v) is 10.0. The molecule has 0 spiro atoms. The largest absolute Gasteiger partial charge is 0.383 e. The van der Waals surface area contributed by atoms with Crippen LogP contribution in [0.25, 0.3) is 22.8 Å². The number of aryl methyl sites for hydroxylation is 1. The van der Waals surface area contributed by atoms with Crippen molar-refractivity contribution in [2.45, 2.75) is 12.5 Å². The number of pyridine rings is 1. The summed E-state index contributed by atoms with van der Waals surface area (Å²) in [5.41, 5.74) is 2.72. The molecule has 170 valence electrons. The van der Waals surface area contributed by atoms with Gasteiger partial charge in [-0.15, -0.1) is 5.10 Å². The molecule has 33 heavy (non-hydrogen) atoms. The quantitative estimate of drug-likeness (QED) is 0.477. The second-order valence-electron chi connectivity index (χ2n) is 7.25. The molecule has 1 amide bonds. The number of anilines is 2. The zero-order valence-electron chi connectivity index (χ0n) is 17.9. The van der Waals surface area contributed by atoms with E-state index < -0.39 is 12.1 Å². The number of aliphatic hydroxyl groups is 1. The van der Waals surface area contributed by atoms with Crippen LogP contribution in [0.4, 0.5) is 16.0 Å². The Labute approximate surface area is 187 Å². The maximum atomic E-state index is 13.7. The van der Waals surface area contributed by atoms with E-state index in [1.807, 2.05) is 18.2 Å². The summed E-state index contributed by atoms with van der Waals surface area (Å²) in [4.78, 5) is 25.1. The van der Waals surface area contributed by atoms with Gasteiger partial charge in [-0.25, -0.2) is 15.0 Å². The second kappa shape index (κ2) is 9.53. The van der Waals surface area contributed by atoms with Crippen LogP contribution in [-0.2, 0) is 11.8 Å². The Hall–Kier alpha value is -4.19. The van der Waals surface area contributed by atoms with Crippen LogP contribution in [0.2, 0.25) is 0 Å². The molecule has 12 heteroatoms. The summed E-state index contributed by atoms with van der Waals surface area (Å²) in [5.74, 6) is -0.523. The van der Waals surface area contributed by atoms with Crippen molar-refractivity contribution in [2.75, 3.05) is 18.9 Å². The van der Waals surface area contributed by atoms with Crippen LogP contribution >= 0.6 is 0 Å². The van der Waals surface area contributed by atoms with E-state index in [-0.39, 0.29) is 17.5 Å². The average molecular weight is 452 g/mol. The summed E-state index contributed by atoms with van der Waals surface area (Å²) >= 11 is 0. The van der Waals surface area contributed by atoms with Crippen molar-refractivity contribution in [3.63, 3.8) is 0 Å². The highest BCUT2D eigenvalue weighted by atomic mass is 19.1. The first kappa shape index (κ1) is 22.0. The van der Waals surface area contributed by atoms with Crippen molar-refractivity contribution in [2.24, 2.45) is 7.05 Å². The number of hydrogen-bond acceptors (Lipinski definition) is 9. The first-order valence-electron chi connectivity index (χ1n) is 10.0. The second-order valence-corrected chi connectivity index (χ2v) is 7.25. The molecule has 0 aliphatic carbocycles. The number of carbonyl (C=O) groups is 1. The van der Waals surface area contributed by atoms with E-state index in [2.05, 4.69) is 30.5 Å². The lowest BCUT2D eigenvalue weighted by molar-refractivity contribution is -0.133. The van der Waals surface area contributed by atoms with Crippen molar-refractivity contribution in [1.82, 2.24) is 34.8 Å². The molecule has 5 heterocycles. The van der Waals surface area contributed by atoms with Crippen LogP contribution in [0.1, 0.15) is 6.42 Å². The van der Waals surface area contributed by atoms with E-state index in [9.17, 15) is 9.18 Å². The predicted octanol–water partition coefficient (Wildman–Crippen LogP) is 2.02. The molecule has 0 radical (unpaired) electrons. The minimum absolute atomic E-state index is 0.148. The van der Waals surface area contributed by atoms with Crippen LogP contribution in [-0.4, -0.2) is 65.5 Å². The molecule has 5 rings (SSSR count). The van der Waals surface area contributed by atoms with Crippen molar-refractivity contribution in [3.05, 3.63) is 54.9 Å². The molecule has 1 unspecified atom stereocenters. The van der Waals surface area contributed by atoms with Gasteiger partial charge >= 0.3 is 0 Å². The number of amides is 1. The Morgan fingerprint density at radius 1 is 1.12 bits per heavy atom. The molecule has 1 saturated heterocycles. The van der Waals surface area contributed by atoms with E-state index in [0.29, 0.717) is 35.7 Å². The predicted molar refractivity (Wildman–Crippen MR) is 115 cm³/mol. The summed E-state index contributed by atoms with van der Waals surface area (Å²) < 4.78 is 19.9. The van der Waals surface area contributed by atoms with E-state index >= 15 is 0 Å². The molecule has 0 bridgehead atoms. The maximum Gasteiger partial charge on any atom is 0.256 e. The lowest BCUT2D eigenvalue weighted by atomic mass is 10.2. The summed E-state index contributed by atoms with van der Waals surface area (Å²) in [5, 5.41) is 19.1. The number of carbonyl (C=O) groups excluding carboxylic acids is 1. The number of nitrogens with zero attached hydrogens (tertiary/aromatic N) is 7. The smallest absolute Gasteiger partial charge is 0.256 e. The molecule has 2 N–H and O–H groups in total. The van der Waals surface area contributed by atoms with Crippen LogP contribution in [0.3, 0.4) is 0 Å². The summed E-state index contributed by atoms with van der Waals surface area (Å²) in [7, 11) is 3.32.